The van der Waals surface area contributed by atoms with Crippen molar-refractivity contribution in [3.8, 4) is 17.4 Å². The minimum Gasteiger partial charge on any atom is -0.497 e. The number of anilines is 1. The van der Waals surface area contributed by atoms with Crippen LogP contribution in [0.1, 0.15) is 0 Å². The highest BCUT2D eigenvalue weighted by atomic mass is 35.5. The highest BCUT2D eigenvalue weighted by Gasteiger charge is 2.17. The molecule has 1 aromatic carbocycles. The lowest BCUT2D eigenvalue weighted by atomic mass is 10.3. The molecule has 0 atom stereocenters. The average Bonchev–Trinajstić information content (AvgIpc) is 2.67. The number of rotatable bonds is 7. The molecule has 134 valence electrons. The second kappa shape index (κ2) is 8.73. The van der Waals surface area contributed by atoms with Crippen molar-refractivity contribution < 1.29 is 14.2 Å². The Balaban J connectivity index is 1.54. The number of hydrogen-bond acceptors (Lipinski definition) is 7. The standard InChI is InChI=1S/C17H21ClN4O3/c1-23-13-2-3-15(14(18)12-13)24-10-11-25-17-16(20-4-5-21-17)22-8-6-19-7-9-22/h2-5,12,19H,6-11H2,1H3. The van der Waals surface area contributed by atoms with Crippen molar-refractivity contribution in [2.45, 2.75) is 0 Å². The lowest BCUT2D eigenvalue weighted by molar-refractivity contribution is 0.211. The summed E-state index contributed by atoms with van der Waals surface area (Å²) in [7, 11) is 1.59. The Bertz CT molecular complexity index is 695. The molecule has 0 unspecified atom stereocenters. The molecule has 0 bridgehead atoms. The van der Waals surface area contributed by atoms with Crippen molar-refractivity contribution in [3.05, 3.63) is 35.6 Å². The van der Waals surface area contributed by atoms with E-state index in [2.05, 4.69) is 20.2 Å². The van der Waals surface area contributed by atoms with Gasteiger partial charge in [0.1, 0.15) is 24.7 Å². The van der Waals surface area contributed by atoms with Gasteiger partial charge in [0.15, 0.2) is 5.82 Å². The molecular formula is C17H21ClN4O3. The Hall–Kier alpha value is -2.25. The van der Waals surface area contributed by atoms with Crippen molar-refractivity contribution in [2.75, 3.05) is 51.4 Å². The number of nitrogens with one attached hydrogen (secondary N) is 1. The predicted octanol–water partition coefficient (Wildman–Crippen LogP) is 2.01. The van der Waals surface area contributed by atoms with Gasteiger partial charge in [-0.15, -0.1) is 0 Å². The van der Waals surface area contributed by atoms with Gasteiger partial charge in [0.25, 0.3) is 5.88 Å². The van der Waals surface area contributed by atoms with Crippen LogP contribution in [0.3, 0.4) is 0 Å². The summed E-state index contributed by atoms with van der Waals surface area (Å²) in [6.45, 7) is 4.31. The minimum absolute atomic E-state index is 0.347. The van der Waals surface area contributed by atoms with Crippen LogP contribution in [0.2, 0.25) is 5.02 Å². The van der Waals surface area contributed by atoms with Crippen LogP contribution in [-0.2, 0) is 0 Å². The van der Waals surface area contributed by atoms with E-state index in [1.807, 2.05) is 0 Å². The molecule has 0 spiro atoms. The monoisotopic (exact) mass is 364 g/mol. The first-order valence-electron chi connectivity index (χ1n) is 8.14. The van der Waals surface area contributed by atoms with Gasteiger partial charge >= 0.3 is 0 Å². The van der Waals surface area contributed by atoms with E-state index in [9.17, 15) is 0 Å². The fraction of sp³-hybridized carbons (Fsp3) is 0.412. The smallest absolute Gasteiger partial charge is 0.257 e. The van der Waals surface area contributed by atoms with Gasteiger partial charge in [-0.1, -0.05) is 11.6 Å². The average molecular weight is 365 g/mol. The van der Waals surface area contributed by atoms with E-state index in [1.54, 1.807) is 37.7 Å². The Kier molecular flexibility index (Phi) is 6.14. The summed E-state index contributed by atoms with van der Waals surface area (Å²) in [5.74, 6) is 2.57. The lowest BCUT2D eigenvalue weighted by Crippen LogP contribution is -2.44. The van der Waals surface area contributed by atoms with Gasteiger partial charge in [0.2, 0.25) is 0 Å². The summed E-state index contributed by atoms with van der Waals surface area (Å²) in [4.78, 5) is 10.9. The van der Waals surface area contributed by atoms with Gasteiger partial charge in [0.05, 0.1) is 12.1 Å². The molecule has 0 saturated carbocycles. The fourth-order valence-corrected chi connectivity index (χ4v) is 2.75. The number of nitrogens with zero attached hydrogens (tertiary/aromatic N) is 3. The third-order valence-corrected chi connectivity index (χ3v) is 4.08. The van der Waals surface area contributed by atoms with Crippen LogP contribution >= 0.6 is 11.6 Å². The van der Waals surface area contributed by atoms with Gasteiger partial charge in [0, 0.05) is 44.6 Å². The molecule has 1 aromatic heterocycles. The number of ether oxygens (including phenoxy) is 3. The SMILES string of the molecule is COc1ccc(OCCOc2nccnc2N2CCNCC2)c(Cl)c1. The van der Waals surface area contributed by atoms with E-state index >= 15 is 0 Å². The lowest BCUT2D eigenvalue weighted by Gasteiger charge is -2.28. The van der Waals surface area contributed by atoms with Crippen LogP contribution in [0.25, 0.3) is 0 Å². The first-order valence-corrected chi connectivity index (χ1v) is 8.51. The van der Waals surface area contributed by atoms with Crippen LogP contribution in [0.4, 0.5) is 5.82 Å². The summed E-state index contributed by atoms with van der Waals surface area (Å²) in [6, 6.07) is 5.28. The molecule has 3 rings (SSSR count). The molecule has 1 aliphatic heterocycles. The van der Waals surface area contributed by atoms with E-state index in [0.717, 1.165) is 32.0 Å². The van der Waals surface area contributed by atoms with E-state index < -0.39 is 0 Å². The van der Waals surface area contributed by atoms with Crippen molar-refractivity contribution in [1.82, 2.24) is 15.3 Å². The quantitative estimate of drug-likeness (QED) is 0.753. The highest BCUT2D eigenvalue weighted by molar-refractivity contribution is 6.32. The van der Waals surface area contributed by atoms with Crippen molar-refractivity contribution in [3.63, 3.8) is 0 Å². The maximum absolute atomic E-state index is 6.15. The Morgan fingerprint density at radius 2 is 1.88 bits per heavy atom. The van der Waals surface area contributed by atoms with Gasteiger partial charge in [-0.05, 0) is 12.1 Å². The third kappa shape index (κ3) is 4.64. The predicted molar refractivity (Wildman–Crippen MR) is 96.1 cm³/mol. The molecule has 1 saturated heterocycles. The summed E-state index contributed by atoms with van der Waals surface area (Å²) < 4.78 is 16.5. The minimum atomic E-state index is 0.347. The molecule has 0 amide bonds. The van der Waals surface area contributed by atoms with Crippen LogP contribution < -0.4 is 24.4 Å². The van der Waals surface area contributed by atoms with Crippen LogP contribution in [-0.4, -0.2) is 56.5 Å². The second-order valence-electron chi connectivity index (χ2n) is 5.42. The van der Waals surface area contributed by atoms with E-state index in [-0.39, 0.29) is 0 Å². The summed E-state index contributed by atoms with van der Waals surface area (Å²) in [5.41, 5.74) is 0. The highest BCUT2D eigenvalue weighted by Crippen LogP contribution is 2.28. The zero-order valence-electron chi connectivity index (χ0n) is 14.1. The van der Waals surface area contributed by atoms with Gasteiger partial charge in [-0.25, -0.2) is 9.97 Å². The fourth-order valence-electron chi connectivity index (χ4n) is 2.53. The van der Waals surface area contributed by atoms with E-state index in [4.69, 9.17) is 25.8 Å². The maximum atomic E-state index is 6.15. The number of aromatic nitrogens is 2. The number of hydrogen-bond donors (Lipinski definition) is 1. The molecule has 25 heavy (non-hydrogen) atoms. The third-order valence-electron chi connectivity index (χ3n) is 3.78. The zero-order valence-corrected chi connectivity index (χ0v) is 14.8. The number of benzene rings is 1. The number of methoxy groups -OCH3 is 1. The van der Waals surface area contributed by atoms with Crippen LogP contribution in [0, 0.1) is 0 Å². The number of piperazine rings is 1. The van der Waals surface area contributed by atoms with Crippen LogP contribution in [0.15, 0.2) is 30.6 Å². The van der Waals surface area contributed by atoms with Gasteiger partial charge in [-0.3, -0.25) is 0 Å². The van der Waals surface area contributed by atoms with Crippen molar-refractivity contribution >= 4 is 17.4 Å². The summed E-state index contributed by atoms with van der Waals surface area (Å²) >= 11 is 6.15. The van der Waals surface area contributed by atoms with E-state index in [0.29, 0.717) is 35.6 Å². The summed E-state index contributed by atoms with van der Waals surface area (Å²) in [5, 5.41) is 3.82. The summed E-state index contributed by atoms with van der Waals surface area (Å²) in [6.07, 6.45) is 3.31. The van der Waals surface area contributed by atoms with Crippen LogP contribution in [0.5, 0.6) is 17.4 Å². The zero-order chi connectivity index (χ0) is 17.5. The molecule has 7 nitrogen and oxygen atoms in total. The van der Waals surface area contributed by atoms with Gasteiger partial charge < -0.3 is 24.4 Å². The van der Waals surface area contributed by atoms with Crippen molar-refractivity contribution in [2.24, 2.45) is 0 Å². The molecule has 8 heteroatoms. The second-order valence-corrected chi connectivity index (χ2v) is 5.82. The molecule has 0 radical (unpaired) electrons. The Labute approximate surface area is 151 Å². The molecule has 1 fully saturated rings. The topological polar surface area (TPSA) is 68.7 Å². The molecule has 2 aromatic rings. The first-order chi connectivity index (χ1) is 12.3. The largest absolute Gasteiger partial charge is 0.497 e. The van der Waals surface area contributed by atoms with E-state index in [1.165, 1.54) is 0 Å². The maximum Gasteiger partial charge on any atom is 0.257 e. The molecule has 0 aliphatic carbocycles. The van der Waals surface area contributed by atoms with Crippen molar-refractivity contribution in [1.29, 1.82) is 0 Å². The molecule has 1 N–H and O–H groups in total. The van der Waals surface area contributed by atoms with Gasteiger partial charge in [-0.2, -0.15) is 0 Å². The normalized spacial score (nSPS) is 14.2. The molecular weight excluding hydrogens is 344 g/mol. The Morgan fingerprint density at radius 1 is 1.12 bits per heavy atom. The number of halogens is 1. The Morgan fingerprint density at radius 3 is 2.64 bits per heavy atom. The first kappa shape index (κ1) is 17.6. The molecule has 2 heterocycles. The molecule has 1 aliphatic rings.